The van der Waals surface area contributed by atoms with Crippen LogP contribution in [-0.2, 0) is 22.7 Å². The molecule has 0 unspecified atom stereocenters. The number of benzene rings is 2. The Labute approximate surface area is 414 Å². The van der Waals surface area contributed by atoms with Crippen molar-refractivity contribution in [2.75, 3.05) is 54.5 Å². The van der Waals surface area contributed by atoms with Crippen LogP contribution in [0.25, 0.3) is 28.5 Å². The topological polar surface area (TPSA) is 302 Å². The molecule has 0 aliphatic rings. The largest absolute Gasteiger partial charge is 0.490 e. The Hall–Kier alpha value is -8.06. The minimum absolute atomic E-state index is 0.0314. The summed E-state index contributed by atoms with van der Waals surface area (Å²) in [6, 6.07) is 18.2. The lowest BCUT2D eigenvalue weighted by Crippen LogP contribution is -2.31. The molecule has 5 aromatic heterocycles. The number of hydrogen-bond donors (Lipinski definition) is 9. The molecule has 378 valence electrons. The van der Waals surface area contributed by atoms with Crippen LogP contribution in [0.15, 0.2) is 83.7 Å². The zero-order valence-electron chi connectivity index (χ0n) is 39.0. The van der Waals surface area contributed by atoms with E-state index in [0.29, 0.717) is 96.8 Å². The second-order valence-electron chi connectivity index (χ2n) is 15.9. The molecule has 3 amide bonds. The minimum Gasteiger partial charge on any atom is -0.475 e. The van der Waals surface area contributed by atoms with Gasteiger partial charge in [-0.25, -0.2) is 4.79 Å². The Morgan fingerprint density at radius 2 is 1.40 bits per heavy atom. The van der Waals surface area contributed by atoms with E-state index in [1.165, 1.54) is 10.8 Å². The van der Waals surface area contributed by atoms with Gasteiger partial charge in [0.2, 0.25) is 23.6 Å². The molecule has 5 heterocycles. The van der Waals surface area contributed by atoms with E-state index in [-0.39, 0.29) is 47.5 Å². The number of nitrogens with zero attached hydrogens (tertiary/aromatic N) is 7. The zero-order valence-corrected chi connectivity index (χ0v) is 39.8. The van der Waals surface area contributed by atoms with Gasteiger partial charge in [-0.2, -0.15) is 32.6 Å². The third-order valence-corrected chi connectivity index (χ3v) is 10.9. The number of fused-ring (bicyclic) bond motifs is 1. The first kappa shape index (κ1) is 53.3. The van der Waals surface area contributed by atoms with E-state index < -0.39 is 18.1 Å². The van der Waals surface area contributed by atoms with Gasteiger partial charge in [0.25, 0.3) is 17.6 Å². The molecular formula is C47H50ClF3N14O7. The number of carbonyl (C=O) groups is 4. The molecule has 10 N–H and O–H groups in total. The van der Waals surface area contributed by atoms with E-state index in [9.17, 15) is 27.6 Å². The molecule has 0 aliphatic heterocycles. The zero-order chi connectivity index (χ0) is 52.0. The summed E-state index contributed by atoms with van der Waals surface area (Å²) in [5, 5.41) is 39.0. The molecule has 72 heavy (non-hydrogen) atoms. The first-order valence-electron chi connectivity index (χ1n) is 22.1. The Morgan fingerprint density at radius 1 is 0.792 bits per heavy atom. The molecule has 7 rings (SSSR count). The van der Waals surface area contributed by atoms with Crippen LogP contribution < -0.4 is 37.6 Å². The minimum atomic E-state index is -5.08. The van der Waals surface area contributed by atoms with Crippen LogP contribution in [0.4, 0.5) is 36.4 Å². The smallest absolute Gasteiger partial charge is 0.475 e. The standard InChI is InChI=1S/C45H49ClN14O5.C2HF3O2/c1-26-20-29(22-48-15-16-50-36(62)13-6-14-51-44-57-43(47)60-45(58-44)56-40(59-60)35-12-7-19-65-35)24-52-38(26)41(63)54-33-10-4-8-31(28(33)3)32-9-5-11-34(37(32)46)55-42(64)39-27(2)21-30(25-53-39)23-49-17-18-61;3-2(4,5)1(6)7/h4-5,7-12,19-21,24-25,48-49,61H,6,13-18,22-23H2,1-3H3,(H,50,62)(H,54,63)(H,55,64)(H3,47,51,56,57,58,59);(H,6,7). The first-order chi connectivity index (χ1) is 34.4. The number of alkyl halides is 3. The second kappa shape index (κ2) is 24.7. The van der Waals surface area contributed by atoms with Crippen LogP contribution in [-0.4, -0.2) is 107 Å². The number of aryl methyl sites for hydroxylation is 2. The summed E-state index contributed by atoms with van der Waals surface area (Å²) in [5.41, 5.74) is 13.0. The molecule has 7 aromatic rings. The van der Waals surface area contributed by atoms with Gasteiger partial charge < -0.3 is 52.3 Å². The summed E-state index contributed by atoms with van der Waals surface area (Å²) < 4.78 is 38.4. The summed E-state index contributed by atoms with van der Waals surface area (Å²) in [6.45, 7) is 8.44. The molecule has 0 atom stereocenters. The van der Waals surface area contributed by atoms with Crippen LogP contribution in [0.5, 0.6) is 0 Å². The lowest BCUT2D eigenvalue weighted by Gasteiger charge is -2.16. The van der Waals surface area contributed by atoms with Gasteiger partial charge in [-0.1, -0.05) is 48.0 Å². The number of halogens is 4. The molecule has 0 aliphatic carbocycles. The summed E-state index contributed by atoms with van der Waals surface area (Å²) in [6.07, 6.45) is 0.569. The monoisotopic (exact) mass is 1010 g/mol. The number of amides is 3. The number of aliphatic hydroxyl groups is 1. The van der Waals surface area contributed by atoms with Gasteiger partial charge >= 0.3 is 12.1 Å². The average Bonchev–Trinajstić information content (AvgIpc) is 4.04. The van der Waals surface area contributed by atoms with Gasteiger partial charge in [-0.3, -0.25) is 24.4 Å². The van der Waals surface area contributed by atoms with E-state index in [0.717, 1.165) is 22.3 Å². The van der Waals surface area contributed by atoms with E-state index in [1.807, 2.05) is 57.2 Å². The number of nitrogens with two attached hydrogens (primary N) is 1. The van der Waals surface area contributed by atoms with Crippen molar-refractivity contribution in [2.45, 2.75) is 52.9 Å². The normalized spacial score (nSPS) is 11.2. The van der Waals surface area contributed by atoms with E-state index >= 15 is 0 Å². The molecular weight excluding hydrogens is 965 g/mol. The predicted octanol–water partition coefficient (Wildman–Crippen LogP) is 5.72. The van der Waals surface area contributed by atoms with Crippen molar-refractivity contribution in [2.24, 2.45) is 0 Å². The maximum atomic E-state index is 13.5. The van der Waals surface area contributed by atoms with Crippen molar-refractivity contribution in [3.8, 4) is 22.7 Å². The number of aliphatic carboxylic acids is 1. The third kappa shape index (κ3) is 14.3. The number of nitrogens with one attached hydrogen (secondary N) is 6. The summed E-state index contributed by atoms with van der Waals surface area (Å²) in [5.74, 6) is -2.11. The number of nitrogen functional groups attached to an aromatic ring is 1. The van der Waals surface area contributed by atoms with Gasteiger partial charge in [0.1, 0.15) is 11.4 Å². The molecule has 2 aromatic carbocycles. The van der Waals surface area contributed by atoms with Crippen LogP contribution in [0.2, 0.25) is 5.02 Å². The fourth-order valence-electron chi connectivity index (χ4n) is 6.96. The highest BCUT2D eigenvalue weighted by Gasteiger charge is 2.38. The molecule has 0 saturated heterocycles. The van der Waals surface area contributed by atoms with E-state index in [4.69, 9.17) is 36.8 Å². The average molecular weight is 1020 g/mol. The van der Waals surface area contributed by atoms with Crippen molar-refractivity contribution in [3.63, 3.8) is 0 Å². The van der Waals surface area contributed by atoms with Gasteiger partial charge in [-0.15, -0.1) is 5.10 Å². The van der Waals surface area contributed by atoms with Crippen LogP contribution in [0, 0.1) is 20.8 Å². The number of carboxylic acid groups (broad SMARTS) is 1. The third-order valence-electron chi connectivity index (χ3n) is 10.5. The highest BCUT2D eigenvalue weighted by atomic mass is 35.5. The SMILES string of the molecule is Cc1cc(CNCCNC(=O)CCCNc2nc(N)n3nc(-c4ccco4)nc3n2)cnc1C(=O)Nc1cccc(-c2cccc(NC(=O)c3ncc(CNCCO)cc3C)c2Cl)c1C.O=C(O)C(F)(F)F. The fourth-order valence-corrected chi connectivity index (χ4v) is 7.24. The fraction of sp³-hybridized carbons (Fsp3) is 0.277. The van der Waals surface area contributed by atoms with Crippen LogP contribution in [0.1, 0.15) is 61.6 Å². The maximum Gasteiger partial charge on any atom is 0.490 e. The molecule has 0 saturated carbocycles. The van der Waals surface area contributed by atoms with Crippen molar-refractivity contribution in [3.05, 3.63) is 124 Å². The number of hydrogen-bond acceptors (Lipinski definition) is 16. The summed E-state index contributed by atoms with van der Waals surface area (Å²) in [7, 11) is 0. The number of anilines is 4. The summed E-state index contributed by atoms with van der Waals surface area (Å²) in [4.78, 5) is 69.9. The van der Waals surface area contributed by atoms with E-state index in [2.05, 4.69) is 61.9 Å². The summed E-state index contributed by atoms with van der Waals surface area (Å²) >= 11 is 6.91. The molecule has 0 spiro atoms. The van der Waals surface area contributed by atoms with Gasteiger partial charge in [0, 0.05) is 69.3 Å². The predicted molar refractivity (Wildman–Crippen MR) is 261 cm³/mol. The molecule has 0 fully saturated rings. The Morgan fingerprint density at radius 3 is 2.00 bits per heavy atom. The number of aliphatic hydroxyl groups excluding tert-OH is 1. The van der Waals surface area contributed by atoms with Crippen LogP contribution in [0.3, 0.4) is 0 Å². The molecule has 0 radical (unpaired) electrons. The first-order valence-corrected chi connectivity index (χ1v) is 22.5. The Kier molecular flexibility index (Phi) is 18.3. The number of carbonyl (C=O) groups excluding carboxylic acids is 3. The Balaban J connectivity index is 0.00000113. The maximum absolute atomic E-state index is 13.5. The quantitative estimate of drug-likeness (QED) is 0.0413. The van der Waals surface area contributed by atoms with Gasteiger partial charge in [-0.05, 0) is 84.8 Å². The molecule has 0 bridgehead atoms. The number of pyridine rings is 2. The van der Waals surface area contributed by atoms with Gasteiger partial charge in [0.15, 0.2) is 5.76 Å². The van der Waals surface area contributed by atoms with Crippen molar-refractivity contribution < 1.29 is 47.0 Å². The number of carboxylic acids is 1. The van der Waals surface area contributed by atoms with Crippen molar-refractivity contribution in [1.82, 2.24) is 50.5 Å². The molecule has 25 heteroatoms. The highest BCUT2D eigenvalue weighted by Crippen LogP contribution is 2.38. The highest BCUT2D eigenvalue weighted by molar-refractivity contribution is 6.36. The van der Waals surface area contributed by atoms with Crippen LogP contribution >= 0.6 is 11.6 Å². The van der Waals surface area contributed by atoms with Gasteiger partial charge in [0.05, 0.1) is 23.6 Å². The number of aromatic nitrogens is 7. The lowest BCUT2D eigenvalue weighted by molar-refractivity contribution is -0.192. The van der Waals surface area contributed by atoms with E-state index in [1.54, 1.807) is 36.7 Å². The second-order valence-corrected chi connectivity index (χ2v) is 16.2. The Bertz CT molecular complexity index is 3040. The number of furan rings is 1. The lowest BCUT2D eigenvalue weighted by atomic mass is 9.98. The number of rotatable bonds is 20. The van der Waals surface area contributed by atoms with Crippen molar-refractivity contribution >= 4 is 64.3 Å². The van der Waals surface area contributed by atoms with Crippen molar-refractivity contribution in [1.29, 1.82) is 0 Å². The molecule has 21 nitrogen and oxygen atoms in total.